The lowest BCUT2D eigenvalue weighted by atomic mass is 9.98. The van der Waals surface area contributed by atoms with Gasteiger partial charge in [0.25, 0.3) is 0 Å². The molecule has 0 aliphatic rings. The third-order valence-corrected chi connectivity index (χ3v) is 3.74. The number of ether oxygens (including phenoxy) is 1. The molecule has 0 aliphatic carbocycles. The van der Waals surface area contributed by atoms with Crippen LogP contribution in [0.25, 0.3) is 0 Å². The fourth-order valence-electron chi connectivity index (χ4n) is 2.63. The topological polar surface area (TPSA) is 61.0 Å². The molecule has 112 valence electrons. The van der Waals surface area contributed by atoms with Gasteiger partial charge in [-0.05, 0) is 49.6 Å². The zero-order chi connectivity index (χ0) is 15.4. The van der Waals surface area contributed by atoms with Gasteiger partial charge in [0, 0.05) is 17.8 Å². The SMILES string of the molecule is COc1ccc(Cc2nc(C)c(C(C)CN)c(C)n2)cc1. The lowest BCUT2D eigenvalue weighted by Gasteiger charge is -2.15. The van der Waals surface area contributed by atoms with Crippen LogP contribution in [0.3, 0.4) is 0 Å². The predicted molar refractivity (Wildman–Crippen MR) is 84.8 cm³/mol. The Hall–Kier alpha value is -1.94. The van der Waals surface area contributed by atoms with Gasteiger partial charge in [-0.25, -0.2) is 9.97 Å². The summed E-state index contributed by atoms with van der Waals surface area (Å²) < 4.78 is 5.17. The second-order valence-corrected chi connectivity index (χ2v) is 5.39. The number of hydrogen-bond acceptors (Lipinski definition) is 4. The van der Waals surface area contributed by atoms with Gasteiger partial charge < -0.3 is 10.5 Å². The molecule has 2 aromatic rings. The summed E-state index contributed by atoms with van der Waals surface area (Å²) in [5, 5.41) is 0. The molecule has 0 spiro atoms. The molecule has 0 fully saturated rings. The molecule has 4 heteroatoms. The van der Waals surface area contributed by atoms with E-state index in [0.717, 1.165) is 29.4 Å². The largest absolute Gasteiger partial charge is 0.497 e. The molecule has 1 heterocycles. The monoisotopic (exact) mass is 285 g/mol. The van der Waals surface area contributed by atoms with E-state index in [2.05, 4.69) is 16.9 Å². The Kier molecular flexibility index (Phi) is 4.91. The molecule has 0 bridgehead atoms. The minimum atomic E-state index is 0.292. The van der Waals surface area contributed by atoms with Gasteiger partial charge in [0.05, 0.1) is 7.11 Å². The molecule has 4 nitrogen and oxygen atoms in total. The first-order valence-electron chi connectivity index (χ1n) is 7.22. The molecule has 0 radical (unpaired) electrons. The summed E-state index contributed by atoms with van der Waals surface area (Å²) in [6.45, 7) is 6.80. The zero-order valence-electron chi connectivity index (χ0n) is 13.2. The van der Waals surface area contributed by atoms with Crippen LogP contribution in [0, 0.1) is 13.8 Å². The van der Waals surface area contributed by atoms with E-state index in [1.165, 1.54) is 11.1 Å². The normalized spacial score (nSPS) is 12.2. The van der Waals surface area contributed by atoms with Crippen LogP contribution in [0.2, 0.25) is 0 Å². The number of aromatic nitrogens is 2. The van der Waals surface area contributed by atoms with Gasteiger partial charge in [-0.15, -0.1) is 0 Å². The molecule has 2 rings (SSSR count). The molecule has 0 saturated heterocycles. The summed E-state index contributed by atoms with van der Waals surface area (Å²) in [5.74, 6) is 2.00. The number of nitrogens with zero attached hydrogens (tertiary/aromatic N) is 2. The summed E-state index contributed by atoms with van der Waals surface area (Å²) >= 11 is 0. The molecule has 0 aliphatic heterocycles. The quantitative estimate of drug-likeness (QED) is 0.917. The van der Waals surface area contributed by atoms with Gasteiger partial charge >= 0.3 is 0 Å². The molecule has 1 aromatic carbocycles. The van der Waals surface area contributed by atoms with Crippen LogP contribution in [-0.2, 0) is 6.42 Å². The highest BCUT2D eigenvalue weighted by Crippen LogP contribution is 2.21. The van der Waals surface area contributed by atoms with E-state index < -0.39 is 0 Å². The first-order chi connectivity index (χ1) is 10.0. The van der Waals surface area contributed by atoms with Gasteiger partial charge in [0.2, 0.25) is 0 Å². The Morgan fingerprint density at radius 3 is 2.14 bits per heavy atom. The highest BCUT2D eigenvalue weighted by Gasteiger charge is 2.14. The summed E-state index contributed by atoms with van der Waals surface area (Å²) in [7, 11) is 1.67. The third kappa shape index (κ3) is 3.58. The van der Waals surface area contributed by atoms with Gasteiger partial charge in [0.15, 0.2) is 0 Å². The fraction of sp³-hybridized carbons (Fsp3) is 0.412. The smallest absolute Gasteiger partial charge is 0.133 e. The standard InChI is InChI=1S/C17H23N3O/c1-11(10-18)17-12(2)19-16(20-13(17)3)9-14-5-7-15(21-4)8-6-14/h5-8,11H,9-10,18H2,1-4H3. The van der Waals surface area contributed by atoms with Crippen LogP contribution in [-0.4, -0.2) is 23.6 Å². The molecule has 0 saturated carbocycles. The highest BCUT2D eigenvalue weighted by atomic mass is 16.5. The number of benzene rings is 1. The van der Waals surface area contributed by atoms with Crippen LogP contribution < -0.4 is 10.5 Å². The van der Waals surface area contributed by atoms with E-state index >= 15 is 0 Å². The van der Waals surface area contributed by atoms with Gasteiger partial charge in [-0.2, -0.15) is 0 Å². The van der Waals surface area contributed by atoms with Crippen LogP contribution in [0.4, 0.5) is 0 Å². The van der Waals surface area contributed by atoms with Crippen molar-refractivity contribution in [3.63, 3.8) is 0 Å². The average Bonchev–Trinajstić information content (AvgIpc) is 2.47. The second kappa shape index (κ2) is 6.68. The Bertz CT molecular complexity index is 585. The number of rotatable bonds is 5. The van der Waals surface area contributed by atoms with Crippen LogP contribution in [0.5, 0.6) is 5.75 Å². The van der Waals surface area contributed by atoms with E-state index in [9.17, 15) is 0 Å². The van der Waals surface area contributed by atoms with Crippen molar-refractivity contribution >= 4 is 0 Å². The Labute approximate surface area is 126 Å². The number of hydrogen-bond donors (Lipinski definition) is 1. The molecule has 1 atom stereocenters. The molecule has 1 aromatic heterocycles. The van der Waals surface area contributed by atoms with E-state index in [-0.39, 0.29) is 0 Å². The van der Waals surface area contributed by atoms with Crippen LogP contribution >= 0.6 is 0 Å². The number of aryl methyl sites for hydroxylation is 2. The highest BCUT2D eigenvalue weighted by molar-refractivity contribution is 5.31. The van der Waals surface area contributed by atoms with Crippen molar-refractivity contribution in [3.8, 4) is 5.75 Å². The first kappa shape index (κ1) is 15.4. The maximum absolute atomic E-state index is 5.76. The average molecular weight is 285 g/mol. The molecule has 2 N–H and O–H groups in total. The van der Waals surface area contributed by atoms with E-state index in [1.807, 2.05) is 38.1 Å². The van der Waals surface area contributed by atoms with E-state index in [4.69, 9.17) is 10.5 Å². The van der Waals surface area contributed by atoms with E-state index in [0.29, 0.717) is 12.5 Å². The molecule has 21 heavy (non-hydrogen) atoms. The van der Waals surface area contributed by atoms with E-state index in [1.54, 1.807) is 7.11 Å². The van der Waals surface area contributed by atoms with Crippen molar-refractivity contribution in [2.45, 2.75) is 33.1 Å². The van der Waals surface area contributed by atoms with Crippen molar-refractivity contribution in [2.75, 3.05) is 13.7 Å². The van der Waals surface area contributed by atoms with Crippen molar-refractivity contribution in [3.05, 3.63) is 52.6 Å². The van der Waals surface area contributed by atoms with Crippen molar-refractivity contribution in [2.24, 2.45) is 5.73 Å². The second-order valence-electron chi connectivity index (χ2n) is 5.39. The van der Waals surface area contributed by atoms with Gasteiger partial charge in [-0.1, -0.05) is 19.1 Å². The lowest BCUT2D eigenvalue weighted by Crippen LogP contribution is -2.15. The minimum Gasteiger partial charge on any atom is -0.497 e. The maximum Gasteiger partial charge on any atom is 0.133 e. The van der Waals surface area contributed by atoms with Gasteiger partial charge in [-0.3, -0.25) is 0 Å². The minimum absolute atomic E-state index is 0.292. The Morgan fingerprint density at radius 2 is 1.67 bits per heavy atom. The fourth-order valence-corrected chi connectivity index (χ4v) is 2.63. The third-order valence-electron chi connectivity index (χ3n) is 3.74. The molecular formula is C17H23N3O. The molecular weight excluding hydrogens is 262 g/mol. The van der Waals surface area contributed by atoms with Crippen molar-refractivity contribution < 1.29 is 4.74 Å². The molecule has 0 amide bonds. The Balaban J connectivity index is 2.24. The summed E-state index contributed by atoms with van der Waals surface area (Å²) in [4.78, 5) is 9.29. The van der Waals surface area contributed by atoms with Crippen molar-refractivity contribution in [1.82, 2.24) is 9.97 Å². The summed E-state index contributed by atoms with van der Waals surface area (Å²) in [5.41, 5.74) is 10.2. The molecule has 1 unspecified atom stereocenters. The number of nitrogens with two attached hydrogens (primary N) is 1. The first-order valence-corrected chi connectivity index (χ1v) is 7.22. The van der Waals surface area contributed by atoms with Crippen LogP contribution in [0.1, 0.15) is 41.2 Å². The summed E-state index contributed by atoms with van der Waals surface area (Å²) in [6.07, 6.45) is 0.725. The summed E-state index contributed by atoms with van der Waals surface area (Å²) in [6, 6.07) is 8.01. The number of methoxy groups -OCH3 is 1. The maximum atomic E-state index is 5.76. The Morgan fingerprint density at radius 1 is 1.10 bits per heavy atom. The van der Waals surface area contributed by atoms with Crippen molar-refractivity contribution in [1.29, 1.82) is 0 Å². The lowest BCUT2D eigenvalue weighted by molar-refractivity contribution is 0.414. The van der Waals surface area contributed by atoms with Gasteiger partial charge in [0.1, 0.15) is 11.6 Å². The zero-order valence-corrected chi connectivity index (χ0v) is 13.2. The predicted octanol–water partition coefficient (Wildman–Crippen LogP) is 2.76. The van der Waals surface area contributed by atoms with Crippen LogP contribution in [0.15, 0.2) is 24.3 Å².